The maximum atomic E-state index is 13.7. The quantitative estimate of drug-likeness (QED) is 0.387. The van der Waals surface area contributed by atoms with E-state index < -0.39 is 46.7 Å². The lowest BCUT2D eigenvalue weighted by molar-refractivity contribution is -0.127. The van der Waals surface area contributed by atoms with Gasteiger partial charge in [0.2, 0.25) is 5.91 Å². The van der Waals surface area contributed by atoms with Crippen LogP contribution in [0.2, 0.25) is 0 Å². The second-order valence-corrected chi connectivity index (χ2v) is 7.20. The smallest absolute Gasteiger partial charge is 0.294 e. The third kappa shape index (κ3) is 5.15. The molecule has 1 N–H and O–H groups in total. The molecule has 2 aromatic carbocycles. The van der Waals surface area contributed by atoms with Gasteiger partial charge in [-0.3, -0.25) is 19.3 Å². The van der Waals surface area contributed by atoms with Gasteiger partial charge in [-0.1, -0.05) is 24.8 Å². The fraction of sp³-hybridized carbons (Fsp3) is 0.0952. The van der Waals surface area contributed by atoms with Crippen molar-refractivity contribution in [3.05, 3.63) is 77.0 Å². The zero-order valence-corrected chi connectivity index (χ0v) is 16.7. The van der Waals surface area contributed by atoms with E-state index in [4.69, 9.17) is 4.74 Å². The highest BCUT2D eigenvalue weighted by Gasteiger charge is 2.36. The second kappa shape index (κ2) is 9.52. The molecule has 0 unspecified atom stereocenters. The molecule has 0 aromatic heterocycles. The Morgan fingerprint density at radius 1 is 1.16 bits per heavy atom. The highest BCUT2D eigenvalue weighted by Crippen LogP contribution is 2.32. The highest BCUT2D eigenvalue weighted by molar-refractivity contribution is 8.18. The molecule has 0 radical (unpaired) electrons. The Morgan fingerprint density at radius 3 is 2.68 bits per heavy atom. The van der Waals surface area contributed by atoms with Gasteiger partial charge in [-0.15, -0.1) is 0 Å². The summed E-state index contributed by atoms with van der Waals surface area (Å²) >= 11 is 0.634. The van der Waals surface area contributed by atoms with Gasteiger partial charge in [0.25, 0.3) is 11.1 Å². The highest BCUT2D eigenvalue weighted by atomic mass is 32.2. The van der Waals surface area contributed by atoms with Crippen LogP contribution in [-0.4, -0.2) is 35.1 Å². The molecule has 1 saturated heterocycles. The van der Waals surface area contributed by atoms with Crippen molar-refractivity contribution < 1.29 is 32.3 Å². The van der Waals surface area contributed by atoms with Crippen molar-refractivity contribution in [1.29, 1.82) is 0 Å². The van der Waals surface area contributed by atoms with E-state index >= 15 is 0 Å². The Bertz CT molecular complexity index is 1100. The molecule has 10 heteroatoms. The Morgan fingerprint density at radius 2 is 1.94 bits per heavy atom. The summed E-state index contributed by atoms with van der Waals surface area (Å²) in [6.45, 7) is 3.13. The zero-order chi connectivity index (χ0) is 22.5. The molecule has 1 aliphatic heterocycles. The van der Waals surface area contributed by atoms with Crippen LogP contribution in [0.4, 0.5) is 23.7 Å². The van der Waals surface area contributed by atoms with Crippen LogP contribution in [0.15, 0.2) is 54.0 Å². The predicted octanol–water partition coefficient (Wildman–Crippen LogP) is 4.34. The van der Waals surface area contributed by atoms with E-state index in [1.165, 1.54) is 6.08 Å². The SMILES string of the molecule is C=CCOc1cccc(/C=C2/SC(=O)N(CC(=O)Nc3ccc(F)c(F)c3F)C2=O)c1. The van der Waals surface area contributed by atoms with Crippen molar-refractivity contribution in [1.82, 2.24) is 4.90 Å². The fourth-order valence-electron chi connectivity index (χ4n) is 2.59. The first-order valence-electron chi connectivity index (χ1n) is 8.82. The summed E-state index contributed by atoms with van der Waals surface area (Å²) in [5.74, 6) is -5.86. The van der Waals surface area contributed by atoms with E-state index in [2.05, 4.69) is 6.58 Å². The van der Waals surface area contributed by atoms with Crippen molar-refractivity contribution in [3.63, 3.8) is 0 Å². The molecule has 31 heavy (non-hydrogen) atoms. The third-order valence-electron chi connectivity index (χ3n) is 4.01. The molecule has 0 aliphatic carbocycles. The maximum Gasteiger partial charge on any atom is 0.294 e. The van der Waals surface area contributed by atoms with Crippen LogP contribution >= 0.6 is 11.8 Å². The summed E-state index contributed by atoms with van der Waals surface area (Å²) in [6.07, 6.45) is 3.05. The number of anilines is 1. The van der Waals surface area contributed by atoms with Crippen LogP contribution in [0.3, 0.4) is 0 Å². The molecule has 0 bridgehead atoms. The first-order chi connectivity index (χ1) is 14.8. The number of nitrogens with one attached hydrogen (secondary N) is 1. The van der Waals surface area contributed by atoms with Crippen LogP contribution in [0, 0.1) is 17.5 Å². The summed E-state index contributed by atoms with van der Waals surface area (Å²) in [5, 5.41) is 1.32. The minimum absolute atomic E-state index is 0.0812. The number of hydrogen-bond acceptors (Lipinski definition) is 5. The van der Waals surface area contributed by atoms with Gasteiger partial charge in [0.15, 0.2) is 17.5 Å². The summed E-state index contributed by atoms with van der Waals surface area (Å²) in [6, 6.07) is 8.26. The van der Waals surface area contributed by atoms with Gasteiger partial charge in [-0.25, -0.2) is 13.2 Å². The number of thioether (sulfide) groups is 1. The van der Waals surface area contributed by atoms with Gasteiger partial charge in [0.05, 0.1) is 10.6 Å². The van der Waals surface area contributed by atoms with Gasteiger partial charge in [0.1, 0.15) is 18.9 Å². The van der Waals surface area contributed by atoms with Gasteiger partial charge in [0, 0.05) is 0 Å². The Kier molecular flexibility index (Phi) is 6.81. The Balaban J connectivity index is 1.70. The number of benzene rings is 2. The Labute approximate surface area is 179 Å². The predicted molar refractivity (Wildman–Crippen MR) is 110 cm³/mol. The average Bonchev–Trinajstić information content (AvgIpc) is 3.00. The molecule has 160 valence electrons. The van der Waals surface area contributed by atoms with Crippen LogP contribution in [0.1, 0.15) is 5.56 Å². The summed E-state index contributed by atoms with van der Waals surface area (Å²) < 4.78 is 45.4. The first-order valence-corrected chi connectivity index (χ1v) is 9.64. The van der Waals surface area contributed by atoms with E-state index in [0.29, 0.717) is 40.6 Å². The number of carbonyl (C=O) groups is 3. The lowest BCUT2D eigenvalue weighted by Gasteiger charge is -2.13. The van der Waals surface area contributed by atoms with E-state index in [1.54, 1.807) is 30.3 Å². The standard InChI is InChI=1S/C21H15F3N2O4S/c1-2-8-30-13-5-3-4-12(9-13)10-16-20(28)26(21(29)31-16)11-17(27)25-15-7-6-14(22)18(23)19(15)24/h2-7,9-10H,1,8,11H2,(H,25,27)/b16-10+. The van der Waals surface area contributed by atoms with E-state index in [-0.39, 0.29) is 4.91 Å². The summed E-state index contributed by atoms with van der Waals surface area (Å²) in [5.41, 5.74) is -0.0110. The summed E-state index contributed by atoms with van der Waals surface area (Å²) in [7, 11) is 0. The number of amides is 3. The van der Waals surface area contributed by atoms with Crippen LogP contribution < -0.4 is 10.1 Å². The number of carbonyl (C=O) groups excluding carboxylic acids is 3. The normalized spacial score (nSPS) is 14.8. The van der Waals surface area contributed by atoms with Crippen molar-refractivity contribution in [2.45, 2.75) is 0 Å². The van der Waals surface area contributed by atoms with E-state index in [9.17, 15) is 27.6 Å². The second-order valence-electron chi connectivity index (χ2n) is 6.21. The lowest BCUT2D eigenvalue weighted by Crippen LogP contribution is -2.36. The number of rotatable bonds is 7. The van der Waals surface area contributed by atoms with Gasteiger partial charge < -0.3 is 10.1 Å². The molecule has 3 rings (SSSR count). The fourth-order valence-corrected chi connectivity index (χ4v) is 3.43. The van der Waals surface area contributed by atoms with Crippen LogP contribution in [0.5, 0.6) is 5.75 Å². The summed E-state index contributed by atoms with van der Waals surface area (Å²) in [4.78, 5) is 37.6. The molecule has 6 nitrogen and oxygen atoms in total. The largest absolute Gasteiger partial charge is 0.490 e. The zero-order valence-electron chi connectivity index (χ0n) is 15.9. The molecule has 0 atom stereocenters. The number of halogens is 3. The molecule has 1 aliphatic rings. The average molecular weight is 448 g/mol. The van der Waals surface area contributed by atoms with Gasteiger partial charge in [-0.05, 0) is 47.7 Å². The minimum Gasteiger partial charge on any atom is -0.490 e. The number of ether oxygens (including phenoxy) is 1. The van der Waals surface area contributed by atoms with Gasteiger partial charge in [-0.2, -0.15) is 0 Å². The first kappa shape index (κ1) is 22.2. The topological polar surface area (TPSA) is 75.7 Å². The van der Waals surface area contributed by atoms with E-state index in [0.717, 1.165) is 6.07 Å². The molecule has 0 spiro atoms. The molecule has 1 fully saturated rings. The molecule has 0 saturated carbocycles. The van der Waals surface area contributed by atoms with Gasteiger partial charge >= 0.3 is 0 Å². The van der Waals surface area contributed by atoms with Crippen molar-refractivity contribution >= 4 is 40.6 Å². The molecule has 2 aromatic rings. The molecular formula is C21H15F3N2O4S. The minimum atomic E-state index is -1.74. The monoisotopic (exact) mass is 448 g/mol. The van der Waals surface area contributed by atoms with Crippen LogP contribution in [-0.2, 0) is 9.59 Å². The maximum absolute atomic E-state index is 13.7. The van der Waals surface area contributed by atoms with E-state index in [1.807, 2.05) is 5.32 Å². The lowest BCUT2D eigenvalue weighted by atomic mass is 10.2. The molecule has 3 amide bonds. The van der Waals surface area contributed by atoms with Crippen molar-refractivity contribution in [3.8, 4) is 5.75 Å². The third-order valence-corrected chi connectivity index (χ3v) is 4.92. The number of hydrogen-bond donors (Lipinski definition) is 1. The molecule has 1 heterocycles. The number of imide groups is 1. The number of nitrogens with zero attached hydrogens (tertiary/aromatic N) is 1. The Hall–Kier alpha value is -3.53. The van der Waals surface area contributed by atoms with Crippen molar-refractivity contribution in [2.75, 3.05) is 18.5 Å². The molecular weight excluding hydrogens is 433 g/mol. The van der Waals surface area contributed by atoms with Crippen molar-refractivity contribution in [2.24, 2.45) is 0 Å². The van der Waals surface area contributed by atoms with Crippen LogP contribution in [0.25, 0.3) is 6.08 Å².